The van der Waals surface area contributed by atoms with Crippen LogP contribution < -0.4 is 0 Å². The fraction of sp³-hybridized carbons (Fsp3) is 0.583. The summed E-state index contributed by atoms with van der Waals surface area (Å²) in [4.78, 5) is 0. The molecule has 0 aromatic carbocycles. The van der Waals surface area contributed by atoms with E-state index in [4.69, 9.17) is 4.74 Å². The van der Waals surface area contributed by atoms with E-state index in [1.807, 2.05) is 26.2 Å². The Labute approximate surface area is 95.5 Å². The van der Waals surface area contributed by atoms with Gasteiger partial charge < -0.3 is 9.84 Å². The summed E-state index contributed by atoms with van der Waals surface area (Å²) in [5.41, 5.74) is 1.79. The van der Waals surface area contributed by atoms with Crippen molar-refractivity contribution in [1.29, 1.82) is 0 Å². The van der Waals surface area contributed by atoms with Crippen molar-refractivity contribution in [3.63, 3.8) is 0 Å². The largest absolute Gasteiger partial charge is 0.495 e. The van der Waals surface area contributed by atoms with E-state index in [2.05, 4.69) is 5.10 Å². The smallest absolute Gasteiger partial charge is 0.139 e. The number of aliphatic hydroxyl groups excluding tert-OH is 1. The van der Waals surface area contributed by atoms with Gasteiger partial charge in [0.2, 0.25) is 0 Å². The highest BCUT2D eigenvalue weighted by molar-refractivity contribution is 5.26. The Kier molecular flexibility index (Phi) is 3.29. The van der Waals surface area contributed by atoms with Gasteiger partial charge in [-0.3, -0.25) is 4.68 Å². The van der Waals surface area contributed by atoms with Gasteiger partial charge in [-0.05, 0) is 25.3 Å². The van der Waals surface area contributed by atoms with Crippen molar-refractivity contribution in [3.05, 3.63) is 29.3 Å². The Morgan fingerprint density at radius 1 is 1.62 bits per heavy atom. The molecule has 4 heteroatoms. The second-order valence-corrected chi connectivity index (χ2v) is 4.06. The van der Waals surface area contributed by atoms with E-state index in [1.54, 1.807) is 4.68 Å². The van der Waals surface area contributed by atoms with Crippen molar-refractivity contribution in [2.75, 3.05) is 6.61 Å². The number of rotatable bonds is 3. The van der Waals surface area contributed by atoms with Gasteiger partial charge in [-0.2, -0.15) is 5.10 Å². The minimum absolute atomic E-state index is 0.663. The lowest BCUT2D eigenvalue weighted by Gasteiger charge is -2.19. The summed E-state index contributed by atoms with van der Waals surface area (Å²) in [5.74, 6) is 0.675. The van der Waals surface area contributed by atoms with Gasteiger partial charge >= 0.3 is 0 Å². The predicted molar refractivity (Wildman–Crippen MR) is 60.8 cm³/mol. The number of hydrogen-bond acceptors (Lipinski definition) is 3. The molecule has 1 aliphatic rings. The Bertz CT molecular complexity index is 396. The molecular formula is C12H18N2O2. The quantitative estimate of drug-likeness (QED) is 0.847. The molecule has 0 saturated heterocycles. The average Bonchev–Trinajstić information content (AvgIpc) is 2.70. The fourth-order valence-corrected chi connectivity index (χ4v) is 1.98. The third kappa shape index (κ3) is 2.11. The first-order valence-corrected chi connectivity index (χ1v) is 5.75. The normalized spacial score (nSPS) is 17.8. The number of nitrogens with zero attached hydrogens (tertiary/aromatic N) is 2. The molecule has 1 aliphatic heterocycles. The van der Waals surface area contributed by atoms with E-state index in [0.717, 1.165) is 30.5 Å². The highest BCUT2D eigenvalue weighted by Crippen LogP contribution is 2.27. The molecule has 0 radical (unpaired) electrons. The van der Waals surface area contributed by atoms with Crippen LogP contribution >= 0.6 is 0 Å². The van der Waals surface area contributed by atoms with Crippen LogP contribution in [0.1, 0.15) is 37.1 Å². The van der Waals surface area contributed by atoms with Crippen molar-refractivity contribution in [1.82, 2.24) is 9.78 Å². The average molecular weight is 222 g/mol. The fourth-order valence-electron chi connectivity index (χ4n) is 1.98. The molecule has 1 N–H and O–H groups in total. The maximum Gasteiger partial charge on any atom is 0.139 e. The van der Waals surface area contributed by atoms with Crippen LogP contribution in [0.25, 0.3) is 0 Å². The molecule has 4 nitrogen and oxygen atoms in total. The van der Waals surface area contributed by atoms with Crippen LogP contribution in [0.2, 0.25) is 0 Å². The molecule has 0 fully saturated rings. The lowest BCUT2D eigenvalue weighted by Crippen LogP contribution is -2.10. The number of hydrogen-bond donors (Lipinski definition) is 1. The third-order valence-corrected chi connectivity index (χ3v) is 2.80. The van der Waals surface area contributed by atoms with E-state index < -0.39 is 6.10 Å². The maximum atomic E-state index is 10.2. The molecular weight excluding hydrogens is 204 g/mol. The van der Waals surface area contributed by atoms with Crippen molar-refractivity contribution < 1.29 is 9.84 Å². The number of aliphatic hydroxyl groups is 1. The summed E-state index contributed by atoms with van der Waals surface area (Å²) in [6, 6.07) is 0. The molecule has 0 spiro atoms. The summed E-state index contributed by atoms with van der Waals surface area (Å²) in [6.07, 6.45) is 6.01. The molecule has 0 saturated carbocycles. The zero-order valence-electron chi connectivity index (χ0n) is 9.81. The molecule has 88 valence electrons. The lowest BCUT2D eigenvalue weighted by molar-refractivity contribution is 0.0913. The second kappa shape index (κ2) is 4.70. The predicted octanol–water partition coefficient (Wildman–Crippen LogP) is 1.71. The van der Waals surface area contributed by atoms with Gasteiger partial charge in [-0.15, -0.1) is 0 Å². The van der Waals surface area contributed by atoms with E-state index in [1.165, 1.54) is 0 Å². The van der Waals surface area contributed by atoms with Gasteiger partial charge in [0.05, 0.1) is 12.3 Å². The van der Waals surface area contributed by atoms with Gasteiger partial charge in [0.25, 0.3) is 0 Å². The molecule has 0 aliphatic carbocycles. The SMILES string of the molecule is CCc1nn(C)cc1C(O)C1=CCCCO1. The van der Waals surface area contributed by atoms with Crippen LogP contribution in [-0.4, -0.2) is 21.5 Å². The summed E-state index contributed by atoms with van der Waals surface area (Å²) in [5, 5.41) is 14.5. The molecule has 2 heterocycles. The van der Waals surface area contributed by atoms with Crippen LogP contribution in [0, 0.1) is 0 Å². The molecule has 16 heavy (non-hydrogen) atoms. The minimum Gasteiger partial charge on any atom is -0.495 e. The van der Waals surface area contributed by atoms with Crippen molar-refractivity contribution >= 4 is 0 Å². The summed E-state index contributed by atoms with van der Waals surface area (Å²) in [6.45, 7) is 2.74. The third-order valence-electron chi connectivity index (χ3n) is 2.80. The first-order chi connectivity index (χ1) is 7.72. The molecule has 1 aromatic rings. The van der Waals surface area contributed by atoms with Crippen LogP contribution in [0.3, 0.4) is 0 Å². The number of allylic oxidation sites excluding steroid dienone is 1. The molecule has 2 rings (SSSR count). The second-order valence-electron chi connectivity index (χ2n) is 4.06. The monoisotopic (exact) mass is 222 g/mol. The van der Waals surface area contributed by atoms with Crippen LogP contribution in [0.5, 0.6) is 0 Å². The molecule has 0 amide bonds. The zero-order valence-corrected chi connectivity index (χ0v) is 9.81. The van der Waals surface area contributed by atoms with Gasteiger partial charge in [-0.25, -0.2) is 0 Å². The summed E-state index contributed by atoms with van der Waals surface area (Å²) >= 11 is 0. The van der Waals surface area contributed by atoms with Gasteiger partial charge in [-0.1, -0.05) is 6.92 Å². The Morgan fingerprint density at radius 2 is 2.44 bits per heavy atom. The lowest BCUT2D eigenvalue weighted by atomic mass is 10.1. The van der Waals surface area contributed by atoms with Crippen LogP contribution in [0.15, 0.2) is 18.0 Å². The van der Waals surface area contributed by atoms with Crippen molar-refractivity contribution in [2.24, 2.45) is 7.05 Å². The number of aryl methyl sites for hydroxylation is 2. The highest BCUT2D eigenvalue weighted by atomic mass is 16.5. The first-order valence-electron chi connectivity index (χ1n) is 5.75. The Morgan fingerprint density at radius 3 is 3.06 bits per heavy atom. The maximum absolute atomic E-state index is 10.2. The molecule has 0 bridgehead atoms. The Balaban J connectivity index is 2.25. The van der Waals surface area contributed by atoms with Crippen molar-refractivity contribution in [2.45, 2.75) is 32.3 Å². The van der Waals surface area contributed by atoms with Gasteiger partial charge in [0, 0.05) is 18.8 Å². The summed E-state index contributed by atoms with van der Waals surface area (Å²) < 4.78 is 7.21. The van der Waals surface area contributed by atoms with Crippen LogP contribution in [-0.2, 0) is 18.2 Å². The highest BCUT2D eigenvalue weighted by Gasteiger charge is 2.21. The van der Waals surface area contributed by atoms with Crippen molar-refractivity contribution in [3.8, 4) is 0 Å². The number of aromatic nitrogens is 2. The number of ether oxygens (including phenoxy) is 1. The standard InChI is InChI=1S/C12H18N2O2/c1-3-10-9(8-14(2)13-10)12(15)11-6-4-5-7-16-11/h6,8,12,15H,3-5,7H2,1-2H3. The van der Waals surface area contributed by atoms with Crippen LogP contribution in [0.4, 0.5) is 0 Å². The Hall–Kier alpha value is -1.29. The summed E-state index contributed by atoms with van der Waals surface area (Å²) in [7, 11) is 1.87. The van der Waals surface area contributed by atoms with E-state index in [9.17, 15) is 5.11 Å². The molecule has 1 atom stereocenters. The first kappa shape index (κ1) is 11.2. The van der Waals surface area contributed by atoms with E-state index in [-0.39, 0.29) is 0 Å². The zero-order chi connectivity index (χ0) is 11.5. The minimum atomic E-state index is -0.663. The topological polar surface area (TPSA) is 47.3 Å². The van der Waals surface area contributed by atoms with E-state index in [0.29, 0.717) is 12.4 Å². The molecule has 1 aromatic heterocycles. The van der Waals surface area contributed by atoms with Gasteiger partial charge in [0.15, 0.2) is 0 Å². The van der Waals surface area contributed by atoms with Gasteiger partial charge in [0.1, 0.15) is 11.9 Å². The van der Waals surface area contributed by atoms with E-state index >= 15 is 0 Å². The molecule has 1 unspecified atom stereocenters.